The Kier molecular flexibility index (Phi) is 33.5. The van der Waals surface area contributed by atoms with Crippen molar-refractivity contribution in [2.75, 3.05) is 21.3 Å². The number of hydrogen-bond acceptors (Lipinski definition) is 5. The average Bonchev–Trinajstić information content (AvgIpc) is 2.46. The van der Waals surface area contributed by atoms with Crippen LogP contribution in [0.15, 0.2) is 24.5 Å². The first-order valence-electron chi connectivity index (χ1n) is 5.43. The maximum Gasteiger partial charge on any atom is 0.0319 e. The van der Waals surface area contributed by atoms with Crippen LogP contribution in [0.3, 0.4) is 0 Å². The number of aliphatic hydroxyl groups excluding tert-OH is 3. The molecule has 0 saturated heterocycles. The fourth-order valence-corrected chi connectivity index (χ4v) is 2.07. The number of hydrogen-bond donors (Lipinski definition) is 3. The van der Waals surface area contributed by atoms with E-state index < -0.39 is 0 Å². The Hall–Kier alpha value is 0.0943. The SMILES string of the molecule is CO.CO.CO.[CH2-]C(C)SC(C)c1ccncc1.[Ti]. The summed E-state index contributed by atoms with van der Waals surface area (Å²) in [4.78, 5) is 3.98. The van der Waals surface area contributed by atoms with E-state index in [9.17, 15) is 0 Å². The van der Waals surface area contributed by atoms with Crippen LogP contribution < -0.4 is 0 Å². The van der Waals surface area contributed by atoms with Crippen LogP contribution in [0.25, 0.3) is 0 Å². The van der Waals surface area contributed by atoms with Crippen LogP contribution in [-0.2, 0) is 21.7 Å². The van der Waals surface area contributed by atoms with Gasteiger partial charge >= 0.3 is 0 Å². The predicted octanol–water partition coefficient (Wildman–Crippen LogP) is 1.92. The van der Waals surface area contributed by atoms with E-state index in [-0.39, 0.29) is 21.7 Å². The molecule has 3 N–H and O–H groups in total. The molecule has 112 valence electrons. The summed E-state index contributed by atoms with van der Waals surface area (Å²) in [7, 11) is 3.00. The van der Waals surface area contributed by atoms with Crippen molar-refractivity contribution in [3.05, 3.63) is 37.0 Å². The molecule has 0 radical (unpaired) electrons. The van der Waals surface area contributed by atoms with Crippen molar-refractivity contribution in [3.63, 3.8) is 0 Å². The van der Waals surface area contributed by atoms with E-state index in [2.05, 4.69) is 37.9 Å². The molecule has 0 amide bonds. The van der Waals surface area contributed by atoms with E-state index in [0.717, 1.165) is 21.3 Å². The summed E-state index contributed by atoms with van der Waals surface area (Å²) >= 11 is 1.87. The molecule has 0 bridgehead atoms. The molecule has 0 aliphatic rings. The van der Waals surface area contributed by atoms with E-state index in [4.69, 9.17) is 15.3 Å². The summed E-state index contributed by atoms with van der Waals surface area (Å²) in [5, 5.41) is 22.0. The summed E-state index contributed by atoms with van der Waals surface area (Å²) < 4.78 is 0. The van der Waals surface area contributed by atoms with Crippen LogP contribution in [-0.4, -0.2) is 46.9 Å². The first-order valence-corrected chi connectivity index (χ1v) is 6.37. The van der Waals surface area contributed by atoms with Crippen molar-refractivity contribution in [2.45, 2.75) is 24.3 Å². The molecule has 0 fully saturated rings. The summed E-state index contributed by atoms with van der Waals surface area (Å²) in [6, 6.07) is 4.11. The third-order valence-corrected chi connectivity index (χ3v) is 2.76. The first-order chi connectivity index (χ1) is 8.70. The minimum absolute atomic E-state index is 0. The van der Waals surface area contributed by atoms with Crippen molar-refractivity contribution < 1.29 is 37.0 Å². The normalized spacial score (nSPS) is 10.8. The van der Waals surface area contributed by atoms with Gasteiger partial charge in [0.1, 0.15) is 0 Å². The van der Waals surface area contributed by atoms with Gasteiger partial charge in [-0.3, -0.25) is 4.98 Å². The molecular formula is C13H26NO3STi-. The van der Waals surface area contributed by atoms with Gasteiger partial charge in [0, 0.05) is 60.7 Å². The molecule has 0 aromatic carbocycles. The number of pyridine rings is 1. The topological polar surface area (TPSA) is 73.6 Å². The summed E-state index contributed by atoms with van der Waals surface area (Å²) in [5.74, 6) is 0. The van der Waals surface area contributed by atoms with Gasteiger partial charge < -0.3 is 22.2 Å². The quantitative estimate of drug-likeness (QED) is 0.585. The second-order valence-corrected chi connectivity index (χ2v) is 4.65. The Labute approximate surface area is 136 Å². The van der Waals surface area contributed by atoms with Gasteiger partial charge in [0.15, 0.2) is 0 Å². The number of nitrogens with zero attached hydrogens (tertiary/aromatic N) is 1. The minimum Gasteiger partial charge on any atom is -0.400 e. The smallest absolute Gasteiger partial charge is 0.0319 e. The van der Waals surface area contributed by atoms with Gasteiger partial charge in [0.05, 0.1) is 0 Å². The number of aromatic nitrogens is 1. The standard InChI is InChI=1S/C10H14NS.3CH4O.Ti/c1-8(2)12-9(3)10-4-6-11-7-5-10;3*1-2;/h4-9H,1H2,2-3H3;3*2H,1H3;/q-1;;;;. The van der Waals surface area contributed by atoms with Crippen LogP contribution in [0.1, 0.15) is 24.7 Å². The monoisotopic (exact) mass is 324 g/mol. The van der Waals surface area contributed by atoms with Gasteiger partial charge in [0.2, 0.25) is 0 Å². The number of rotatable bonds is 3. The molecule has 19 heavy (non-hydrogen) atoms. The fraction of sp³-hybridized carbons (Fsp3) is 0.538. The maximum absolute atomic E-state index is 7.00. The van der Waals surface area contributed by atoms with Crippen LogP contribution in [0, 0.1) is 6.92 Å². The van der Waals surface area contributed by atoms with Gasteiger partial charge in [-0.25, -0.2) is 0 Å². The van der Waals surface area contributed by atoms with E-state index in [1.165, 1.54) is 5.56 Å². The van der Waals surface area contributed by atoms with Crippen molar-refractivity contribution in [3.8, 4) is 0 Å². The molecular weight excluding hydrogens is 298 g/mol. The third kappa shape index (κ3) is 18.1. The van der Waals surface area contributed by atoms with Gasteiger partial charge in [0.25, 0.3) is 0 Å². The molecule has 2 atom stereocenters. The third-order valence-electron chi connectivity index (χ3n) is 1.61. The van der Waals surface area contributed by atoms with Crippen molar-refractivity contribution in [1.29, 1.82) is 0 Å². The molecule has 1 aromatic heterocycles. The molecule has 2 unspecified atom stereocenters. The Balaban J connectivity index is -0.000000142. The molecule has 1 heterocycles. The van der Waals surface area contributed by atoms with Gasteiger partial charge in [-0.15, -0.1) is 5.25 Å². The number of aliphatic hydroxyl groups is 3. The molecule has 1 aromatic rings. The van der Waals surface area contributed by atoms with E-state index in [0.29, 0.717) is 10.5 Å². The summed E-state index contributed by atoms with van der Waals surface area (Å²) in [6.45, 7) is 8.26. The summed E-state index contributed by atoms with van der Waals surface area (Å²) in [5.41, 5.74) is 1.32. The van der Waals surface area contributed by atoms with Crippen LogP contribution in [0.2, 0.25) is 0 Å². The molecule has 0 aliphatic carbocycles. The average molecular weight is 324 g/mol. The Morgan fingerprint density at radius 2 is 1.37 bits per heavy atom. The molecule has 4 nitrogen and oxygen atoms in total. The van der Waals surface area contributed by atoms with Crippen molar-refractivity contribution in [1.82, 2.24) is 4.98 Å². The Bertz CT molecular complexity index is 239. The van der Waals surface area contributed by atoms with E-state index in [1.807, 2.05) is 24.2 Å². The zero-order valence-electron chi connectivity index (χ0n) is 12.4. The maximum atomic E-state index is 7.00. The van der Waals surface area contributed by atoms with Crippen molar-refractivity contribution >= 4 is 11.8 Å². The first kappa shape index (κ1) is 27.4. The molecule has 0 saturated carbocycles. The van der Waals surface area contributed by atoms with Gasteiger partial charge in [-0.05, 0) is 24.6 Å². The van der Waals surface area contributed by atoms with Crippen molar-refractivity contribution in [2.24, 2.45) is 0 Å². The van der Waals surface area contributed by atoms with Gasteiger partial charge in [-0.2, -0.15) is 11.8 Å². The molecule has 0 aliphatic heterocycles. The fourth-order valence-electron chi connectivity index (χ4n) is 1.06. The Morgan fingerprint density at radius 3 is 1.68 bits per heavy atom. The second kappa shape index (κ2) is 23.2. The van der Waals surface area contributed by atoms with Crippen LogP contribution >= 0.6 is 11.8 Å². The molecule has 0 spiro atoms. The Morgan fingerprint density at radius 1 is 1.00 bits per heavy atom. The predicted molar refractivity (Wildman–Crippen MR) is 79.5 cm³/mol. The molecule has 6 heteroatoms. The summed E-state index contributed by atoms with van der Waals surface area (Å²) in [6.07, 6.45) is 3.67. The van der Waals surface area contributed by atoms with E-state index in [1.54, 1.807) is 0 Å². The largest absolute Gasteiger partial charge is 0.400 e. The van der Waals surface area contributed by atoms with Crippen LogP contribution in [0.5, 0.6) is 0 Å². The second-order valence-electron chi connectivity index (χ2n) is 2.87. The van der Waals surface area contributed by atoms with E-state index >= 15 is 0 Å². The number of thioether (sulfide) groups is 1. The molecule has 1 rings (SSSR count). The minimum atomic E-state index is 0. The van der Waals surface area contributed by atoms with Gasteiger partial charge in [-0.1, -0.05) is 6.92 Å². The zero-order valence-corrected chi connectivity index (χ0v) is 14.7. The zero-order chi connectivity index (χ0) is 15.0. The van der Waals surface area contributed by atoms with Crippen LogP contribution in [0.4, 0.5) is 0 Å².